The van der Waals surface area contributed by atoms with Gasteiger partial charge in [-0.25, -0.2) is 14.4 Å². The molecule has 1 unspecified atom stereocenters. The van der Waals surface area contributed by atoms with E-state index in [-0.39, 0.29) is 11.9 Å². The smallest absolute Gasteiger partial charge is 0.152 e. The highest BCUT2D eigenvalue weighted by Crippen LogP contribution is 2.38. The standard InChI is InChI=1S/C29H31FN6O2/c1-19-18-36(11-14-38-19)22-16-26(29(32-17-22)35-9-12-37-13-10-35)34-27-20(2)28(24-5-3-4-8-31-24)33-25-15-21(30)6-7-23(25)27/h3-8,15-17,19H,9-14,18H2,1-2H3,(H,33,34). The Morgan fingerprint density at radius 3 is 2.63 bits per heavy atom. The van der Waals surface area contributed by atoms with Crippen LogP contribution >= 0.6 is 0 Å². The van der Waals surface area contributed by atoms with Crippen LogP contribution in [0.5, 0.6) is 0 Å². The predicted molar refractivity (Wildman–Crippen MR) is 148 cm³/mol. The van der Waals surface area contributed by atoms with Crippen LogP contribution in [0.2, 0.25) is 0 Å². The number of halogens is 1. The van der Waals surface area contributed by atoms with Crippen molar-refractivity contribution in [2.45, 2.75) is 20.0 Å². The first-order valence-corrected chi connectivity index (χ1v) is 13.0. The summed E-state index contributed by atoms with van der Waals surface area (Å²) in [6.45, 7) is 9.24. The molecule has 196 valence electrons. The Labute approximate surface area is 221 Å². The third-order valence-corrected chi connectivity index (χ3v) is 7.13. The molecule has 1 N–H and O–H groups in total. The Morgan fingerprint density at radius 1 is 1.00 bits per heavy atom. The number of ether oxygens (including phenoxy) is 2. The summed E-state index contributed by atoms with van der Waals surface area (Å²) < 4.78 is 25.7. The Bertz CT molecular complexity index is 1440. The molecule has 0 radical (unpaired) electrons. The Balaban J connectivity index is 1.49. The van der Waals surface area contributed by atoms with Gasteiger partial charge in [0.25, 0.3) is 0 Å². The normalized spacial score (nSPS) is 18.1. The summed E-state index contributed by atoms with van der Waals surface area (Å²) in [5.41, 5.74) is 5.73. The largest absolute Gasteiger partial charge is 0.378 e. The average molecular weight is 515 g/mol. The Hall–Kier alpha value is -3.82. The molecule has 1 aromatic carbocycles. The highest BCUT2D eigenvalue weighted by Gasteiger charge is 2.23. The van der Waals surface area contributed by atoms with Crippen LogP contribution in [0, 0.1) is 12.7 Å². The van der Waals surface area contributed by atoms with Crippen LogP contribution in [-0.2, 0) is 9.47 Å². The maximum Gasteiger partial charge on any atom is 0.152 e. The third-order valence-electron chi connectivity index (χ3n) is 7.13. The van der Waals surface area contributed by atoms with E-state index < -0.39 is 0 Å². The molecule has 0 aliphatic carbocycles. The molecule has 5 heterocycles. The number of pyridine rings is 3. The zero-order valence-electron chi connectivity index (χ0n) is 21.7. The minimum Gasteiger partial charge on any atom is -0.378 e. The molecule has 1 atom stereocenters. The van der Waals surface area contributed by atoms with Crippen LogP contribution in [-0.4, -0.2) is 67.1 Å². The molecule has 0 amide bonds. The summed E-state index contributed by atoms with van der Waals surface area (Å²) in [6, 6.07) is 12.6. The molecule has 9 heteroatoms. The van der Waals surface area contributed by atoms with Gasteiger partial charge >= 0.3 is 0 Å². The van der Waals surface area contributed by atoms with Crippen molar-refractivity contribution in [2.24, 2.45) is 0 Å². The van der Waals surface area contributed by atoms with Crippen molar-refractivity contribution in [2.75, 3.05) is 61.1 Å². The lowest BCUT2D eigenvalue weighted by molar-refractivity contribution is 0.0532. The van der Waals surface area contributed by atoms with E-state index >= 15 is 0 Å². The molecular weight excluding hydrogens is 483 g/mol. The SMILES string of the molecule is Cc1c(-c2ccccn2)nc2cc(F)ccc2c1Nc1cc(N2CCOC(C)C2)cnc1N1CCOCC1. The molecule has 38 heavy (non-hydrogen) atoms. The second-order valence-electron chi connectivity index (χ2n) is 9.75. The molecule has 2 aliphatic rings. The Morgan fingerprint density at radius 2 is 1.84 bits per heavy atom. The molecule has 0 bridgehead atoms. The summed E-state index contributed by atoms with van der Waals surface area (Å²) in [6.07, 6.45) is 3.84. The highest BCUT2D eigenvalue weighted by molar-refractivity contribution is 5.98. The van der Waals surface area contributed by atoms with Crippen LogP contribution in [0.15, 0.2) is 54.9 Å². The van der Waals surface area contributed by atoms with E-state index in [2.05, 4.69) is 33.1 Å². The molecule has 6 rings (SSSR count). The number of anilines is 4. The van der Waals surface area contributed by atoms with Crippen molar-refractivity contribution < 1.29 is 13.9 Å². The minimum absolute atomic E-state index is 0.154. The highest BCUT2D eigenvalue weighted by atomic mass is 19.1. The molecular formula is C29H31FN6O2. The van der Waals surface area contributed by atoms with E-state index in [9.17, 15) is 4.39 Å². The van der Waals surface area contributed by atoms with E-state index in [1.165, 1.54) is 12.1 Å². The number of morpholine rings is 2. The monoisotopic (exact) mass is 514 g/mol. The number of aromatic nitrogens is 3. The number of rotatable bonds is 5. The summed E-state index contributed by atoms with van der Waals surface area (Å²) >= 11 is 0. The van der Waals surface area contributed by atoms with Crippen LogP contribution in [0.1, 0.15) is 12.5 Å². The number of hydrogen-bond donors (Lipinski definition) is 1. The van der Waals surface area contributed by atoms with Crippen molar-refractivity contribution in [1.82, 2.24) is 15.0 Å². The van der Waals surface area contributed by atoms with Gasteiger partial charge in [-0.2, -0.15) is 0 Å². The quantitative estimate of drug-likeness (QED) is 0.401. The van der Waals surface area contributed by atoms with Gasteiger partial charge in [0.1, 0.15) is 5.82 Å². The lowest BCUT2D eigenvalue weighted by Crippen LogP contribution is -2.41. The maximum absolute atomic E-state index is 14.3. The van der Waals surface area contributed by atoms with Crippen LogP contribution in [0.25, 0.3) is 22.3 Å². The summed E-state index contributed by atoms with van der Waals surface area (Å²) in [7, 11) is 0. The lowest BCUT2D eigenvalue weighted by Gasteiger charge is -2.34. The van der Waals surface area contributed by atoms with Gasteiger partial charge in [0.2, 0.25) is 0 Å². The van der Waals surface area contributed by atoms with Crippen molar-refractivity contribution in [3.63, 3.8) is 0 Å². The van der Waals surface area contributed by atoms with E-state index in [1.807, 2.05) is 31.3 Å². The molecule has 2 aliphatic heterocycles. The average Bonchev–Trinajstić information content (AvgIpc) is 2.95. The van der Waals surface area contributed by atoms with Crippen LogP contribution in [0.4, 0.5) is 27.3 Å². The first-order chi connectivity index (χ1) is 18.6. The minimum atomic E-state index is -0.328. The fourth-order valence-corrected chi connectivity index (χ4v) is 5.17. The van der Waals surface area contributed by atoms with Crippen LogP contribution < -0.4 is 15.1 Å². The van der Waals surface area contributed by atoms with Gasteiger partial charge in [-0.15, -0.1) is 0 Å². The fourth-order valence-electron chi connectivity index (χ4n) is 5.17. The van der Waals surface area contributed by atoms with Crippen molar-refractivity contribution >= 4 is 33.8 Å². The fraction of sp³-hybridized carbons (Fsp3) is 0.345. The first kappa shape index (κ1) is 24.5. The van der Waals surface area contributed by atoms with E-state index in [4.69, 9.17) is 19.4 Å². The zero-order chi connectivity index (χ0) is 26.1. The molecule has 0 saturated carbocycles. The molecule has 2 saturated heterocycles. The van der Waals surface area contributed by atoms with E-state index in [0.29, 0.717) is 31.0 Å². The number of benzene rings is 1. The third kappa shape index (κ3) is 4.87. The van der Waals surface area contributed by atoms with Gasteiger partial charge in [-0.3, -0.25) is 4.98 Å². The summed E-state index contributed by atoms with van der Waals surface area (Å²) in [5.74, 6) is 0.537. The van der Waals surface area contributed by atoms with Gasteiger partial charge in [-0.1, -0.05) is 6.07 Å². The molecule has 3 aromatic heterocycles. The van der Waals surface area contributed by atoms with Gasteiger partial charge in [-0.05, 0) is 44.2 Å². The predicted octanol–water partition coefficient (Wildman–Crippen LogP) is 4.94. The zero-order valence-corrected chi connectivity index (χ0v) is 21.7. The van der Waals surface area contributed by atoms with Crippen molar-refractivity contribution in [3.8, 4) is 11.4 Å². The number of hydrogen-bond acceptors (Lipinski definition) is 8. The number of nitrogens with zero attached hydrogens (tertiary/aromatic N) is 5. The summed E-state index contributed by atoms with van der Waals surface area (Å²) in [5, 5.41) is 4.54. The number of fused-ring (bicyclic) bond motifs is 1. The van der Waals surface area contributed by atoms with E-state index in [0.717, 1.165) is 65.7 Å². The summed E-state index contributed by atoms with van der Waals surface area (Å²) in [4.78, 5) is 18.8. The van der Waals surface area contributed by atoms with E-state index in [1.54, 1.807) is 12.3 Å². The lowest BCUT2D eigenvalue weighted by atomic mass is 10.0. The van der Waals surface area contributed by atoms with Crippen LogP contribution in [0.3, 0.4) is 0 Å². The molecule has 8 nitrogen and oxygen atoms in total. The maximum atomic E-state index is 14.3. The van der Waals surface area contributed by atoms with Gasteiger partial charge < -0.3 is 24.6 Å². The second kappa shape index (κ2) is 10.5. The molecule has 2 fully saturated rings. The van der Waals surface area contributed by atoms with Gasteiger partial charge in [0.15, 0.2) is 5.82 Å². The molecule has 4 aromatic rings. The van der Waals surface area contributed by atoms with Crippen molar-refractivity contribution in [1.29, 1.82) is 0 Å². The van der Waals surface area contributed by atoms with Crippen molar-refractivity contribution in [3.05, 3.63) is 66.2 Å². The first-order valence-electron chi connectivity index (χ1n) is 13.0. The van der Waals surface area contributed by atoms with Gasteiger partial charge in [0, 0.05) is 49.4 Å². The number of nitrogens with one attached hydrogen (secondary N) is 1. The second-order valence-corrected chi connectivity index (χ2v) is 9.75. The topological polar surface area (TPSA) is 75.6 Å². The van der Waals surface area contributed by atoms with Gasteiger partial charge in [0.05, 0.1) is 66.1 Å². The molecule has 0 spiro atoms. The Kier molecular flexibility index (Phi) is 6.78.